The Hall–Kier alpha value is -2.52. The average molecular weight is 513 g/mol. The van der Waals surface area contributed by atoms with Crippen molar-refractivity contribution in [1.82, 2.24) is 15.3 Å². The number of carbonyl (C=O) groups excluding carboxylic acids is 1. The molecule has 4 rings (SSSR count). The molecular weight excluding hydrogens is 489 g/mol. The lowest BCUT2D eigenvalue weighted by atomic mass is 10.1. The molecular formula is C23H24IN5O. The van der Waals surface area contributed by atoms with Gasteiger partial charge in [-0.2, -0.15) is 0 Å². The summed E-state index contributed by atoms with van der Waals surface area (Å²) in [5, 5.41) is 6.44. The minimum absolute atomic E-state index is 0.159. The third-order valence-electron chi connectivity index (χ3n) is 5.17. The van der Waals surface area contributed by atoms with Crippen molar-refractivity contribution in [2.45, 2.75) is 19.9 Å². The molecule has 1 amide bonds. The first-order chi connectivity index (χ1) is 14.5. The van der Waals surface area contributed by atoms with Crippen LogP contribution in [-0.2, 0) is 0 Å². The van der Waals surface area contributed by atoms with Crippen molar-refractivity contribution in [3.8, 4) is 11.3 Å². The van der Waals surface area contributed by atoms with Crippen molar-refractivity contribution in [3.05, 3.63) is 69.6 Å². The summed E-state index contributed by atoms with van der Waals surface area (Å²) >= 11 is 2.29. The maximum atomic E-state index is 12.9. The quantitative estimate of drug-likeness (QED) is 0.515. The number of hydrogen-bond acceptors (Lipinski definition) is 5. The molecule has 7 heteroatoms. The van der Waals surface area contributed by atoms with Gasteiger partial charge in [-0.05, 0) is 78.9 Å². The van der Waals surface area contributed by atoms with Gasteiger partial charge in [0.1, 0.15) is 5.82 Å². The minimum Gasteiger partial charge on any atom is -0.354 e. The monoisotopic (exact) mass is 513 g/mol. The van der Waals surface area contributed by atoms with E-state index in [1.54, 1.807) is 6.20 Å². The number of aromatic nitrogens is 2. The number of hydrogen-bond donors (Lipinski definition) is 2. The van der Waals surface area contributed by atoms with E-state index in [1.807, 2.05) is 55.5 Å². The van der Waals surface area contributed by atoms with Crippen LogP contribution in [0.2, 0.25) is 0 Å². The van der Waals surface area contributed by atoms with Gasteiger partial charge >= 0.3 is 0 Å². The van der Waals surface area contributed by atoms with Gasteiger partial charge in [0.05, 0.1) is 17.0 Å². The second kappa shape index (κ2) is 9.09. The molecule has 0 radical (unpaired) electrons. The molecule has 6 nitrogen and oxygen atoms in total. The summed E-state index contributed by atoms with van der Waals surface area (Å²) in [6, 6.07) is 15.9. The summed E-state index contributed by atoms with van der Waals surface area (Å²) in [6.07, 6.45) is 1.77. The minimum atomic E-state index is -0.159. The number of halogens is 1. The Morgan fingerprint density at radius 3 is 2.83 bits per heavy atom. The Balaban J connectivity index is 1.53. The molecule has 0 aliphatic carbocycles. The van der Waals surface area contributed by atoms with Gasteiger partial charge in [-0.15, -0.1) is 0 Å². The van der Waals surface area contributed by atoms with Crippen LogP contribution in [0.5, 0.6) is 0 Å². The summed E-state index contributed by atoms with van der Waals surface area (Å²) in [6.45, 7) is 6.83. The standard InChI is InChI=1S/C23H24IN5O/c1-15-14-29(12-11-25-15)22-9-7-18(16(2)27-22)23(30)28-17-6-8-20(24)19(13-17)21-5-3-4-10-26-21/h3-10,13,15,25H,11-12,14H2,1-2H3,(H,28,30). The van der Waals surface area contributed by atoms with Crippen LogP contribution in [0.25, 0.3) is 11.3 Å². The van der Waals surface area contributed by atoms with E-state index >= 15 is 0 Å². The summed E-state index contributed by atoms with van der Waals surface area (Å²) < 4.78 is 1.08. The molecule has 154 valence electrons. The van der Waals surface area contributed by atoms with E-state index in [2.05, 4.69) is 50.0 Å². The number of amides is 1. The predicted molar refractivity (Wildman–Crippen MR) is 129 cm³/mol. The Morgan fingerprint density at radius 2 is 2.10 bits per heavy atom. The van der Waals surface area contributed by atoms with Crippen LogP contribution in [0, 0.1) is 10.5 Å². The molecule has 3 aromatic rings. The molecule has 0 bridgehead atoms. The lowest BCUT2D eigenvalue weighted by molar-refractivity contribution is 0.102. The summed E-state index contributed by atoms with van der Waals surface area (Å²) in [5.41, 5.74) is 3.92. The second-order valence-electron chi connectivity index (χ2n) is 7.47. The van der Waals surface area contributed by atoms with Crippen LogP contribution in [0.4, 0.5) is 11.5 Å². The van der Waals surface area contributed by atoms with Crippen LogP contribution < -0.4 is 15.5 Å². The Kier molecular flexibility index (Phi) is 6.29. The fourth-order valence-electron chi connectivity index (χ4n) is 3.62. The Labute approximate surface area is 190 Å². The van der Waals surface area contributed by atoms with Gasteiger partial charge in [-0.1, -0.05) is 6.07 Å². The second-order valence-corrected chi connectivity index (χ2v) is 8.63. The highest BCUT2D eigenvalue weighted by atomic mass is 127. The van der Waals surface area contributed by atoms with Crippen LogP contribution >= 0.6 is 22.6 Å². The maximum absolute atomic E-state index is 12.9. The van der Waals surface area contributed by atoms with Crippen LogP contribution in [0.15, 0.2) is 54.7 Å². The molecule has 2 N–H and O–H groups in total. The van der Waals surface area contributed by atoms with Crippen molar-refractivity contribution in [2.24, 2.45) is 0 Å². The number of carbonyl (C=O) groups is 1. The zero-order valence-corrected chi connectivity index (χ0v) is 19.2. The molecule has 1 aliphatic rings. The van der Waals surface area contributed by atoms with Crippen molar-refractivity contribution in [3.63, 3.8) is 0 Å². The summed E-state index contributed by atoms with van der Waals surface area (Å²) in [7, 11) is 0. The number of nitrogens with zero attached hydrogens (tertiary/aromatic N) is 3. The lowest BCUT2D eigenvalue weighted by Gasteiger charge is -2.33. The number of rotatable bonds is 4. The van der Waals surface area contributed by atoms with Crippen LogP contribution in [-0.4, -0.2) is 41.6 Å². The number of benzene rings is 1. The molecule has 0 spiro atoms. The molecule has 1 saturated heterocycles. The zero-order chi connectivity index (χ0) is 21.1. The smallest absolute Gasteiger partial charge is 0.257 e. The molecule has 3 heterocycles. The molecule has 1 atom stereocenters. The van der Waals surface area contributed by atoms with Crippen molar-refractivity contribution < 1.29 is 4.79 Å². The van der Waals surface area contributed by atoms with E-state index in [0.717, 1.165) is 51.7 Å². The SMILES string of the molecule is Cc1nc(N2CCNC(C)C2)ccc1C(=O)Nc1ccc(I)c(-c2ccccn2)c1. The topological polar surface area (TPSA) is 70.2 Å². The van der Waals surface area contributed by atoms with E-state index < -0.39 is 0 Å². The molecule has 30 heavy (non-hydrogen) atoms. The number of aryl methyl sites for hydroxylation is 1. The Bertz CT molecular complexity index is 1060. The fourth-order valence-corrected chi connectivity index (χ4v) is 4.24. The summed E-state index contributed by atoms with van der Waals surface area (Å²) in [4.78, 5) is 24.3. The van der Waals surface area contributed by atoms with Gasteiger partial charge in [0.15, 0.2) is 0 Å². The first kappa shape index (κ1) is 20.7. The van der Waals surface area contributed by atoms with E-state index in [9.17, 15) is 4.79 Å². The molecule has 1 aromatic carbocycles. The molecule has 1 fully saturated rings. The fraction of sp³-hybridized carbons (Fsp3) is 0.261. The van der Waals surface area contributed by atoms with Gasteiger partial charge in [-0.3, -0.25) is 9.78 Å². The maximum Gasteiger partial charge on any atom is 0.257 e. The number of nitrogens with one attached hydrogen (secondary N) is 2. The normalized spacial score (nSPS) is 16.4. The number of pyridine rings is 2. The third kappa shape index (κ3) is 4.62. The van der Waals surface area contributed by atoms with Crippen molar-refractivity contribution in [2.75, 3.05) is 29.9 Å². The van der Waals surface area contributed by atoms with Gasteiger partial charge in [0.25, 0.3) is 5.91 Å². The van der Waals surface area contributed by atoms with E-state index in [0.29, 0.717) is 11.6 Å². The van der Waals surface area contributed by atoms with Crippen LogP contribution in [0.1, 0.15) is 23.0 Å². The lowest BCUT2D eigenvalue weighted by Crippen LogP contribution is -2.49. The largest absolute Gasteiger partial charge is 0.354 e. The highest BCUT2D eigenvalue weighted by Crippen LogP contribution is 2.27. The van der Waals surface area contributed by atoms with Gasteiger partial charge in [0.2, 0.25) is 0 Å². The first-order valence-corrected chi connectivity index (χ1v) is 11.1. The Morgan fingerprint density at radius 1 is 1.23 bits per heavy atom. The van der Waals surface area contributed by atoms with Crippen molar-refractivity contribution >= 4 is 40.0 Å². The van der Waals surface area contributed by atoms with Gasteiger partial charge in [-0.25, -0.2) is 4.98 Å². The molecule has 2 aromatic heterocycles. The highest BCUT2D eigenvalue weighted by Gasteiger charge is 2.19. The van der Waals surface area contributed by atoms with Gasteiger partial charge < -0.3 is 15.5 Å². The highest BCUT2D eigenvalue weighted by molar-refractivity contribution is 14.1. The van der Waals surface area contributed by atoms with E-state index in [1.165, 1.54) is 0 Å². The first-order valence-electron chi connectivity index (χ1n) is 9.99. The number of anilines is 2. The molecule has 0 saturated carbocycles. The van der Waals surface area contributed by atoms with Crippen LogP contribution in [0.3, 0.4) is 0 Å². The zero-order valence-electron chi connectivity index (χ0n) is 17.0. The number of piperazine rings is 1. The van der Waals surface area contributed by atoms with Crippen molar-refractivity contribution in [1.29, 1.82) is 0 Å². The van der Waals surface area contributed by atoms with E-state index in [-0.39, 0.29) is 5.91 Å². The summed E-state index contributed by atoms with van der Waals surface area (Å²) in [5.74, 6) is 0.762. The predicted octanol–water partition coefficient (Wildman–Crippen LogP) is 4.11. The third-order valence-corrected chi connectivity index (χ3v) is 6.11. The van der Waals surface area contributed by atoms with E-state index in [4.69, 9.17) is 4.98 Å². The molecule has 1 aliphatic heterocycles. The van der Waals surface area contributed by atoms with Gasteiger partial charge in [0, 0.05) is 46.7 Å². The average Bonchev–Trinajstić information content (AvgIpc) is 2.75. The molecule has 1 unspecified atom stereocenters.